The van der Waals surface area contributed by atoms with Crippen molar-refractivity contribution in [2.45, 2.75) is 48.0 Å². The fraction of sp³-hybridized carbons (Fsp3) is 0.296. The van der Waals surface area contributed by atoms with Crippen LogP contribution in [0.2, 0.25) is 0 Å². The molecule has 0 aliphatic carbocycles. The molecule has 0 bridgehead atoms. The van der Waals surface area contributed by atoms with Gasteiger partial charge in [-0.3, -0.25) is 4.79 Å². The average molecular weight is 476 g/mol. The largest absolute Gasteiger partial charge is 0.462 e. The SMILES string of the molecule is CCOC(=O)c1c(NC(=O)Cc2c(-c3ccc(C)c(C)c3)nc3c(C)cccn23)sc(C)c1C. The number of hydrogen-bond acceptors (Lipinski definition) is 5. The minimum Gasteiger partial charge on any atom is -0.462 e. The monoisotopic (exact) mass is 475 g/mol. The predicted molar refractivity (Wildman–Crippen MR) is 137 cm³/mol. The van der Waals surface area contributed by atoms with Crippen molar-refractivity contribution >= 4 is 33.9 Å². The van der Waals surface area contributed by atoms with E-state index in [1.165, 1.54) is 22.5 Å². The van der Waals surface area contributed by atoms with Crippen LogP contribution in [0.25, 0.3) is 16.9 Å². The Morgan fingerprint density at radius 1 is 1.06 bits per heavy atom. The number of thiophene rings is 1. The molecule has 7 heteroatoms. The Bertz CT molecular complexity index is 1410. The maximum Gasteiger partial charge on any atom is 0.341 e. The number of hydrogen-bond donors (Lipinski definition) is 1. The molecule has 34 heavy (non-hydrogen) atoms. The maximum atomic E-state index is 13.3. The Morgan fingerprint density at radius 2 is 1.82 bits per heavy atom. The number of esters is 1. The van der Waals surface area contributed by atoms with Crippen LogP contribution in [0.3, 0.4) is 0 Å². The lowest BCUT2D eigenvalue weighted by Crippen LogP contribution is -2.18. The summed E-state index contributed by atoms with van der Waals surface area (Å²) in [6.07, 6.45) is 2.05. The third-order valence-electron chi connectivity index (χ3n) is 6.17. The fourth-order valence-electron chi connectivity index (χ4n) is 4.03. The van der Waals surface area contributed by atoms with E-state index in [-0.39, 0.29) is 18.9 Å². The summed E-state index contributed by atoms with van der Waals surface area (Å²) in [5.74, 6) is -0.624. The van der Waals surface area contributed by atoms with Crippen LogP contribution < -0.4 is 5.32 Å². The Balaban J connectivity index is 1.73. The van der Waals surface area contributed by atoms with Gasteiger partial charge < -0.3 is 14.5 Å². The number of anilines is 1. The molecule has 1 amide bonds. The number of carbonyl (C=O) groups excluding carboxylic acids is 2. The Labute approximate surface area is 203 Å². The number of fused-ring (bicyclic) bond motifs is 1. The minimum absolute atomic E-state index is 0.116. The van der Waals surface area contributed by atoms with Gasteiger partial charge in [0, 0.05) is 16.6 Å². The van der Waals surface area contributed by atoms with E-state index in [0.29, 0.717) is 10.6 Å². The van der Waals surface area contributed by atoms with Crippen LogP contribution in [-0.4, -0.2) is 27.9 Å². The Morgan fingerprint density at radius 3 is 2.53 bits per heavy atom. The first-order valence-electron chi connectivity index (χ1n) is 11.3. The van der Waals surface area contributed by atoms with Gasteiger partial charge >= 0.3 is 5.97 Å². The molecule has 0 fully saturated rings. The van der Waals surface area contributed by atoms with Gasteiger partial charge in [0.25, 0.3) is 0 Å². The van der Waals surface area contributed by atoms with Crippen molar-refractivity contribution in [1.29, 1.82) is 0 Å². The number of aromatic nitrogens is 2. The highest BCUT2D eigenvalue weighted by Gasteiger charge is 2.24. The number of amides is 1. The minimum atomic E-state index is -0.416. The van der Waals surface area contributed by atoms with Gasteiger partial charge in [-0.2, -0.15) is 0 Å². The van der Waals surface area contributed by atoms with E-state index in [0.717, 1.165) is 38.6 Å². The van der Waals surface area contributed by atoms with Crippen molar-refractivity contribution in [2.75, 3.05) is 11.9 Å². The van der Waals surface area contributed by atoms with Crippen LogP contribution in [0.5, 0.6) is 0 Å². The van der Waals surface area contributed by atoms with Crippen molar-refractivity contribution in [3.8, 4) is 11.3 Å². The summed E-state index contributed by atoms with van der Waals surface area (Å²) in [7, 11) is 0. The molecule has 4 aromatic rings. The van der Waals surface area contributed by atoms with E-state index in [2.05, 4.69) is 31.3 Å². The molecule has 176 valence electrons. The van der Waals surface area contributed by atoms with Gasteiger partial charge in [-0.1, -0.05) is 18.2 Å². The lowest BCUT2D eigenvalue weighted by atomic mass is 10.0. The third kappa shape index (κ3) is 4.35. The van der Waals surface area contributed by atoms with Gasteiger partial charge in [0.1, 0.15) is 10.6 Å². The average Bonchev–Trinajstić information content (AvgIpc) is 3.28. The highest BCUT2D eigenvalue weighted by Crippen LogP contribution is 2.34. The van der Waals surface area contributed by atoms with Crippen LogP contribution in [0.4, 0.5) is 5.00 Å². The molecule has 0 radical (unpaired) electrons. The highest BCUT2D eigenvalue weighted by atomic mass is 32.1. The van der Waals surface area contributed by atoms with Crippen molar-refractivity contribution in [1.82, 2.24) is 9.38 Å². The third-order valence-corrected chi connectivity index (χ3v) is 7.29. The number of nitrogens with zero attached hydrogens (tertiary/aromatic N) is 2. The van der Waals surface area contributed by atoms with E-state index in [4.69, 9.17) is 9.72 Å². The van der Waals surface area contributed by atoms with Gasteiger partial charge in [0.05, 0.1) is 30.0 Å². The predicted octanol–water partition coefficient (Wildman–Crippen LogP) is 5.96. The number of imidazole rings is 1. The maximum absolute atomic E-state index is 13.3. The number of aryl methyl sites for hydroxylation is 4. The number of benzene rings is 1. The molecule has 3 heterocycles. The summed E-state index contributed by atoms with van der Waals surface area (Å²) >= 11 is 1.39. The molecule has 1 aromatic carbocycles. The van der Waals surface area contributed by atoms with Crippen molar-refractivity contribution in [3.63, 3.8) is 0 Å². The number of ether oxygens (including phenoxy) is 1. The molecule has 0 saturated carbocycles. The molecule has 4 rings (SSSR count). The Hall–Kier alpha value is -3.45. The molecule has 0 spiro atoms. The second kappa shape index (κ2) is 9.43. The molecule has 0 aliphatic heterocycles. The quantitative estimate of drug-likeness (QED) is 0.349. The van der Waals surface area contributed by atoms with Crippen LogP contribution in [0.15, 0.2) is 36.5 Å². The van der Waals surface area contributed by atoms with E-state index in [9.17, 15) is 9.59 Å². The number of nitrogens with one attached hydrogen (secondary N) is 1. The molecule has 1 N–H and O–H groups in total. The molecule has 0 unspecified atom stereocenters. The van der Waals surface area contributed by atoms with Gasteiger partial charge in [-0.25, -0.2) is 9.78 Å². The first-order valence-corrected chi connectivity index (χ1v) is 12.1. The fourth-order valence-corrected chi connectivity index (χ4v) is 5.09. The standard InChI is InChI=1S/C27H29N3O3S/c1-7-33-27(32)23-18(5)19(6)34-26(23)28-22(31)14-21-24(20-11-10-15(2)17(4)13-20)29-25-16(3)9-8-12-30(21)25/h8-13H,7,14H2,1-6H3,(H,28,31). The zero-order chi connectivity index (χ0) is 24.6. The van der Waals surface area contributed by atoms with Gasteiger partial charge in [0.2, 0.25) is 5.91 Å². The molecule has 3 aromatic heterocycles. The van der Waals surface area contributed by atoms with Crippen molar-refractivity contribution in [2.24, 2.45) is 0 Å². The van der Waals surface area contributed by atoms with Crippen LogP contribution in [-0.2, 0) is 16.0 Å². The van der Waals surface area contributed by atoms with Gasteiger partial charge in [-0.15, -0.1) is 11.3 Å². The zero-order valence-electron chi connectivity index (χ0n) is 20.4. The number of rotatable bonds is 6. The molecule has 0 saturated heterocycles. The summed E-state index contributed by atoms with van der Waals surface area (Å²) in [6, 6.07) is 10.2. The molecular formula is C27H29N3O3S. The van der Waals surface area contributed by atoms with Gasteiger partial charge in [0.15, 0.2) is 0 Å². The first kappa shape index (κ1) is 23.7. The normalized spacial score (nSPS) is 11.1. The van der Waals surface area contributed by atoms with Gasteiger partial charge in [-0.05, 0) is 75.9 Å². The van der Waals surface area contributed by atoms with E-state index in [1.807, 2.05) is 49.6 Å². The number of pyridine rings is 1. The number of carbonyl (C=O) groups is 2. The molecule has 0 atom stereocenters. The second-order valence-electron chi connectivity index (χ2n) is 8.52. The van der Waals surface area contributed by atoms with E-state index < -0.39 is 5.97 Å². The molecule has 0 aliphatic rings. The highest BCUT2D eigenvalue weighted by molar-refractivity contribution is 7.16. The van der Waals surface area contributed by atoms with Crippen LogP contribution >= 0.6 is 11.3 Å². The lowest BCUT2D eigenvalue weighted by molar-refractivity contribution is -0.115. The molecular weight excluding hydrogens is 446 g/mol. The summed E-state index contributed by atoms with van der Waals surface area (Å²) in [5, 5.41) is 3.49. The smallest absolute Gasteiger partial charge is 0.341 e. The van der Waals surface area contributed by atoms with Crippen molar-refractivity contribution < 1.29 is 14.3 Å². The van der Waals surface area contributed by atoms with Crippen molar-refractivity contribution in [3.05, 3.63) is 74.9 Å². The van der Waals surface area contributed by atoms with E-state index >= 15 is 0 Å². The summed E-state index contributed by atoms with van der Waals surface area (Å²) in [4.78, 5) is 31.7. The summed E-state index contributed by atoms with van der Waals surface area (Å²) < 4.78 is 7.20. The first-order chi connectivity index (χ1) is 16.2. The summed E-state index contributed by atoms with van der Waals surface area (Å²) in [5.41, 5.74) is 8.08. The van der Waals surface area contributed by atoms with E-state index in [1.54, 1.807) is 6.92 Å². The van der Waals surface area contributed by atoms with Crippen LogP contribution in [0, 0.1) is 34.6 Å². The zero-order valence-corrected chi connectivity index (χ0v) is 21.2. The Kier molecular flexibility index (Phi) is 6.57. The second-order valence-corrected chi connectivity index (χ2v) is 9.75. The topological polar surface area (TPSA) is 72.7 Å². The van der Waals surface area contributed by atoms with Crippen LogP contribution in [0.1, 0.15) is 50.1 Å². The summed E-state index contributed by atoms with van der Waals surface area (Å²) in [6.45, 7) is 12.0. The molecule has 6 nitrogen and oxygen atoms in total. The lowest BCUT2D eigenvalue weighted by Gasteiger charge is -2.09.